The van der Waals surface area contributed by atoms with E-state index in [0.29, 0.717) is 6.51 Å². The lowest BCUT2D eigenvalue weighted by molar-refractivity contribution is 0.382. The third kappa shape index (κ3) is 3.72. The van der Waals surface area contributed by atoms with Crippen molar-refractivity contribution >= 4 is 18.6 Å². The van der Waals surface area contributed by atoms with Crippen LogP contribution in [-0.4, -0.2) is 28.1 Å². The van der Waals surface area contributed by atoms with Gasteiger partial charge in [-0.25, -0.2) is 0 Å². The SMILES string of the molecule is Cn1cc(-c2ccncc2)c(-c2ccc(OCB3C=Cc4ccccc4N3)cc2)n1. The van der Waals surface area contributed by atoms with E-state index in [9.17, 15) is 0 Å². The molecule has 6 heteroatoms. The lowest BCUT2D eigenvalue weighted by Crippen LogP contribution is -2.32. The van der Waals surface area contributed by atoms with Crippen molar-refractivity contribution in [2.75, 3.05) is 11.7 Å². The zero-order valence-electron chi connectivity index (χ0n) is 16.7. The number of anilines is 1. The molecule has 0 amide bonds. The molecule has 5 nitrogen and oxygen atoms in total. The normalized spacial score (nSPS) is 12.4. The van der Waals surface area contributed by atoms with Gasteiger partial charge in [-0.2, -0.15) is 5.10 Å². The molecule has 0 fully saturated rings. The highest BCUT2D eigenvalue weighted by molar-refractivity contribution is 6.69. The average molecular weight is 392 g/mol. The minimum Gasteiger partial charge on any atom is -0.499 e. The minimum atomic E-state index is 0.147. The highest BCUT2D eigenvalue weighted by atomic mass is 16.5. The molecular formula is C24H21BN4O. The Hall–Kier alpha value is -3.80. The van der Waals surface area contributed by atoms with Crippen molar-refractivity contribution in [2.24, 2.45) is 7.05 Å². The highest BCUT2D eigenvalue weighted by Crippen LogP contribution is 2.31. The van der Waals surface area contributed by atoms with Crippen LogP contribution in [0.2, 0.25) is 0 Å². The molecule has 0 atom stereocenters. The van der Waals surface area contributed by atoms with E-state index in [2.05, 4.69) is 51.6 Å². The van der Waals surface area contributed by atoms with Crippen LogP contribution in [0.15, 0.2) is 85.2 Å². The van der Waals surface area contributed by atoms with E-state index in [-0.39, 0.29) is 6.85 Å². The molecule has 5 rings (SSSR count). The van der Waals surface area contributed by atoms with E-state index in [1.807, 2.05) is 54.3 Å². The first-order chi connectivity index (χ1) is 14.8. The van der Waals surface area contributed by atoms with Crippen molar-refractivity contribution in [1.82, 2.24) is 14.8 Å². The Balaban J connectivity index is 1.29. The van der Waals surface area contributed by atoms with E-state index < -0.39 is 0 Å². The molecule has 0 radical (unpaired) electrons. The van der Waals surface area contributed by atoms with Gasteiger partial charge in [0.05, 0.1) is 6.51 Å². The lowest BCUT2D eigenvalue weighted by atomic mass is 9.61. The highest BCUT2D eigenvalue weighted by Gasteiger charge is 2.18. The van der Waals surface area contributed by atoms with Gasteiger partial charge in [-0.3, -0.25) is 9.67 Å². The standard InChI is InChI=1S/C24H21BN4O/c1-29-16-22(18-11-14-26-15-12-18)24(28-29)20-6-8-21(9-7-20)30-17-25-13-10-19-4-2-3-5-23(19)27-25/h2-16,27H,17H2,1H3. The first kappa shape index (κ1) is 18.2. The average Bonchev–Trinajstić information content (AvgIpc) is 3.20. The number of para-hydroxylation sites is 1. The Morgan fingerprint density at radius 3 is 2.60 bits per heavy atom. The summed E-state index contributed by atoms with van der Waals surface area (Å²) in [6.07, 6.45) is 7.78. The summed E-state index contributed by atoms with van der Waals surface area (Å²) in [6, 6.07) is 20.4. The van der Waals surface area contributed by atoms with Crippen LogP contribution >= 0.6 is 0 Å². The number of rotatable bonds is 5. The molecule has 0 unspecified atom stereocenters. The van der Waals surface area contributed by atoms with E-state index >= 15 is 0 Å². The zero-order valence-corrected chi connectivity index (χ0v) is 16.7. The molecule has 0 spiro atoms. The van der Waals surface area contributed by atoms with Gasteiger partial charge >= 0.3 is 6.85 Å². The number of hydrogen-bond donors (Lipinski definition) is 1. The van der Waals surface area contributed by atoms with Crippen LogP contribution in [0, 0.1) is 0 Å². The van der Waals surface area contributed by atoms with Gasteiger partial charge in [0, 0.05) is 42.5 Å². The molecule has 3 heterocycles. The first-order valence-electron chi connectivity index (χ1n) is 9.97. The summed E-state index contributed by atoms with van der Waals surface area (Å²) in [5.41, 5.74) is 6.54. The number of aromatic nitrogens is 3. The molecule has 0 aliphatic carbocycles. The quantitative estimate of drug-likeness (QED) is 0.499. The van der Waals surface area contributed by atoms with Crippen LogP contribution in [0.1, 0.15) is 5.56 Å². The number of hydrogen-bond acceptors (Lipinski definition) is 4. The second kappa shape index (κ2) is 7.91. The van der Waals surface area contributed by atoms with Crippen LogP contribution < -0.4 is 9.96 Å². The summed E-state index contributed by atoms with van der Waals surface area (Å²) in [7, 11) is 1.94. The molecule has 0 bridgehead atoms. The van der Waals surface area contributed by atoms with Crippen molar-refractivity contribution in [2.45, 2.75) is 0 Å². The van der Waals surface area contributed by atoms with Crippen molar-refractivity contribution in [1.29, 1.82) is 0 Å². The number of aryl methyl sites for hydroxylation is 1. The first-order valence-corrected chi connectivity index (χ1v) is 9.97. The smallest absolute Gasteiger partial charge is 0.319 e. The maximum atomic E-state index is 6.02. The fraction of sp³-hybridized carbons (Fsp3) is 0.0833. The summed E-state index contributed by atoms with van der Waals surface area (Å²) < 4.78 is 7.87. The summed E-state index contributed by atoms with van der Waals surface area (Å²) in [5, 5.41) is 8.17. The van der Waals surface area contributed by atoms with Gasteiger partial charge in [0.25, 0.3) is 0 Å². The van der Waals surface area contributed by atoms with E-state index in [0.717, 1.165) is 33.8 Å². The second-order valence-electron chi connectivity index (χ2n) is 7.33. The molecule has 1 aliphatic heterocycles. The maximum Gasteiger partial charge on any atom is 0.319 e. The Labute approximate surface area is 176 Å². The van der Waals surface area contributed by atoms with Gasteiger partial charge in [0.15, 0.2) is 0 Å². The predicted octanol–water partition coefficient (Wildman–Crippen LogP) is 4.74. The lowest BCUT2D eigenvalue weighted by Gasteiger charge is -2.19. The van der Waals surface area contributed by atoms with Crippen molar-refractivity contribution < 1.29 is 4.74 Å². The molecule has 1 N–H and O–H groups in total. The molecule has 1 aliphatic rings. The third-order valence-electron chi connectivity index (χ3n) is 5.19. The fourth-order valence-corrected chi connectivity index (χ4v) is 3.68. The summed E-state index contributed by atoms with van der Waals surface area (Å²) >= 11 is 0. The van der Waals surface area contributed by atoms with Crippen molar-refractivity contribution in [3.8, 4) is 28.1 Å². The Bertz CT molecular complexity index is 1190. The molecule has 0 saturated heterocycles. The molecule has 2 aromatic heterocycles. The van der Waals surface area contributed by atoms with Gasteiger partial charge in [-0.1, -0.05) is 30.3 Å². The monoisotopic (exact) mass is 392 g/mol. The number of ether oxygens (including phenoxy) is 1. The molecule has 146 valence electrons. The predicted molar refractivity (Wildman–Crippen MR) is 122 cm³/mol. The summed E-state index contributed by atoms with van der Waals surface area (Å²) in [5.74, 6) is 2.99. The van der Waals surface area contributed by atoms with E-state index in [1.165, 1.54) is 5.56 Å². The van der Waals surface area contributed by atoms with Gasteiger partial charge in [-0.15, -0.1) is 0 Å². The zero-order chi connectivity index (χ0) is 20.3. The molecule has 2 aromatic carbocycles. The summed E-state index contributed by atoms with van der Waals surface area (Å²) in [6.45, 7) is 0.712. The third-order valence-corrected chi connectivity index (χ3v) is 5.19. The van der Waals surface area contributed by atoms with Crippen molar-refractivity contribution in [3.63, 3.8) is 0 Å². The van der Waals surface area contributed by atoms with Gasteiger partial charge < -0.3 is 9.96 Å². The van der Waals surface area contributed by atoms with Crippen LogP contribution in [0.25, 0.3) is 28.5 Å². The molecule has 0 saturated carbocycles. The maximum absolute atomic E-state index is 6.02. The Morgan fingerprint density at radius 1 is 0.967 bits per heavy atom. The largest absolute Gasteiger partial charge is 0.499 e. The summed E-state index contributed by atoms with van der Waals surface area (Å²) in [4.78, 5) is 4.11. The van der Waals surface area contributed by atoms with Crippen LogP contribution in [0.4, 0.5) is 5.69 Å². The fourth-order valence-electron chi connectivity index (χ4n) is 3.68. The molecule has 30 heavy (non-hydrogen) atoms. The second-order valence-corrected chi connectivity index (χ2v) is 7.33. The van der Waals surface area contributed by atoms with Gasteiger partial charge in [0.1, 0.15) is 11.4 Å². The topological polar surface area (TPSA) is 52.0 Å². The minimum absolute atomic E-state index is 0.147. The number of benzene rings is 2. The Morgan fingerprint density at radius 2 is 1.77 bits per heavy atom. The van der Waals surface area contributed by atoms with Crippen molar-refractivity contribution in [3.05, 3.63) is 90.8 Å². The van der Waals surface area contributed by atoms with E-state index in [4.69, 9.17) is 4.74 Å². The molecular weight excluding hydrogens is 371 g/mol. The molecule has 4 aromatic rings. The number of pyridine rings is 1. The number of fused-ring (bicyclic) bond motifs is 1. The number of nitrogens with one attached hydrogen (secondary N) is 1. The number of nitrogens with zero attached hydrogens (tertiary/aromatic N) is 3. The van der Waals surface area contributed by atoms with Crippen LogP contribution in [0.3, 0.4) is 0 Å². The van der Waals surface area contributed by atoms with E-state index in [1.54, 1.807) is 12.4 Å². The Kier molecular flexibility index (Phi) is 4.81. The van der Waals surface area contributed by atoms with Gasteiger partial charge in [-0.05, 0) is 53.6 Å². The van der Waals surface area contributed by atoms with Gasteiger partial charge in [0.2, 0.25) is 0 Å². The van der Waals surface area contributed by atoms with Crippen LogP contribution in [-0.2, 0) is 7.05 Å². The van der Waals surface area contributed by atoms with Crippen LogP contribution in [0.5, 0.6) is 5.75 Å².